The first kappa shape index (κ1) is 17.6. The lowest BCUT2D eigenvalue weighted by molar-refractivity contribution is 0.103. The molecular formula is C17H14ClF2N3OS. The molecule has 0 aliphatic rings. The van der Waals surface area contributed by atoms with Crippen molar-refractivity contribution in [1.82, 2.24) is 4.98 Å². The smallest absolute Gasteiger partial charge is 0.280 e. The van der Waals surface area contributed by atoms with Gasteiger partial charge in [-0.2, -0.15) is 0 Å². The number of hydrogen-bond acceptors (Lipinski definition) is 4. The van der Waals surface area contributed by atoms with Crippen LogP contribution in [0.2, 0.25) is 5.02 Å². The van der Waals surface area contributed by atoms with E-state index in [0.29, 0.717) is 26.5 Å². The number of amides is 1. The van der Waals surface area contributed by atoms with Crippen LogP contribution < -0.4 is 11.1 Å². The number of pyridine rings is 1. The fraction of sp³-hybridized carbons (Fsp3) is 0.176. The summed E-state index contributed by atoms with van der Waals surface area (Å²) in [6.07, 6.45) is -2.68. The van der Waals surface area contributed by atoms with E-state index < -0.39 is 12.3 Å². The predicted molar refractivity (Wildman–Crippen MR) is 97.9 cm³/mol. The molecule has 25 heavy (non-hydrogen) atoms. The molecule has 0 aliphatic carbocycles. The first-order chi connectivity index (χ1) is 11.8. The van der Waals surface area contributed by atoms with Gasteiger partial charge in [0, 0.05) is 16.1 Å². The number of aromatic nitrogens is 1. The number of fused-ring (bicyclic) bond motifs is 1. The second-order valence-electron chi connectivity index (χ2n) is 5.60. The largest absolute Gasteiger partial charge is 0.397 e. The van der Waals surface area contributed by atoms with Gasteiger partial charge in [0.15, 0.2) is 0 Å². The Bertz CT molecular complexity index is 988. The van der Waals surface area contributed by atoms with Crippen LogP contribution in [0.3, 0.4) is 0 Å². The van der Waals surface area contributed by atoms with E-state index in [1.54, 1.807) is 25.1 Å². The van der Waals surface area contributed by atoms with Gasteiger partial charge in [-0.05, 0) is 43.2 Å². The first-order valence-electron chi connectivity index (χ1n) is 7.33. The summed E-state index contributed by atoms with van der Waals surface area (Å²) in [5.41, 5.74) is 7.96. The number of carbonyl (C=O) groups is 1. The van der Waals surface area contributed by atoms with E-state index in [9.17, 15) is 13.6 Å². The lowest BCUT2D eigenvalue weighted by atomic mass is 10.1. The van der Waals surface area contributed by atoms with Crippen molar-refractivity contribution < 1.29 is 13.6 Å². The highest BCUT2D eigenvalue weighted by molar-refractivity contribution is 7.21. The Morgan fingerprint density at radius 2 is 2.00 bits per heavy atom. The number of aryl methyl sites for hydroxylation is 2. The number of nitrogens with one attached hydrogen (secondary N) is 1. The van der Waals surface area contributed by atoms with Gasteiger partial charge >= 0.3 is 0 Å². The second kappa shape index (κ2) is 6.57. The van der Waals surface area contributed by atoms with Gasteiger partial charge in [-0.25, -0.2) is 13.8 Å². The van der Waals surface area contributed by atoms with Crippen LogP contribution in [0.1, 0.15) is 32.9 Å². The van der Waals surface area contributed by atoms with Gasteiger partial charge in [0.25, 0.3) is 12.3 Å². The summed E-state index contributed by atoms with van der Waals surface area (Å²) in [5, 5.41) is 3.78. The molecule has 0 fully saturated rings. The van der Waals surface area contributed by atoms with Crippen molar-refractivity contribution in [2.75, 3.05) is 11.1 Å². The number of rotatable bonds is 3. The van der Waals surface area contributed by atoms with E-state index >= 15 is 0 Å². The normalized spacial score (nSPS) is 11.3. The zero-order valence-electron chi connectivity index (χ0n) is 13.4. The number of halogens is 3. The van der Waals surface area contributed by atoms with Gasteiger partial charge in [0.2, 0.25) is 0 Å². The third-order valence-electron chi connectivity index (χ3n) is 3.79. The molecule has 4 nitrogen and oxygen atoms in total. The number of nitrogens with two attached hydrogens (primary N) is 1. The molecule has 0 saturated carbocycles. The zero-order valence-corrected chi connectivity index (χ0v) is 14.9. The zero-order chi connectivity index (χ0) is 18.3. The monoisotopic (exact) mass is 381 g/mol. The van der Waals surface area contributed by atoms with E-state index in [1.165, 1.54) is 6.07 Å². The third kappa shape index (κ3) is 3.29. The number of thiophene rings is 1. The van der Waals surface area contributed by atoms with E-state index in [-0.39, 0.29) is 16.3 Å². The van der Waals surface area contributed by atoms with Gasteiger partial charge < -0.3 is 11.1 Å². The fourth-order valence-corrected chi connectivity index (χ4v) is 3.77. The molecular weight excluding hydrogens is 368 g/mol. The van der Waals surface area contributed by atoms with E-state index in [1.807, 2.05) is 6.92 Å². The maximum Gasteiger partial charge on any atom is 0.280 e. The summed E-state index contributed by atoms with van der Waals surface area (Å²) in [5.74, 6) is -0.427. The van der Waals surface area contributed by atoms with Crippen molar-refractivity contribution in [3.63, 3.8) is 0 Å². The first-order valence-corrected chi connectivity index (χ1v) is 8.52. The Kier molecular flexibility index (Phi) is 4.62. The number of hydrogen-bond donors (Lipinski definition) is 2. The van der Waals surface area contributed by atoms with Crippen molar-refractivity contribution in [2.24, 2.45) is 0 Å². The number of nitrogen functional groups attached to an aromatic ring is 1. The highest BCUT2D eigenvalue weighted by Crippen LogP contribution is 2.37. The molecule has 3 rings (SSSR count). The fourth-order valence-electron chi connectivity index (χ4n) is 2.52. The molecule has 0 aliphatic heterocycles. The minimum Gasteiger partial charge on any atom is -0.397 e. The lowest BCUT2D eigenvalue weighted by Crippen LogP contribution is -2.12. The van der Waals surface area contributed by atoms with Crippen LogP contribution in [0.25, 0.3) is 10.2 Å². The van der Waals surface area contributed by atoms with Crippen LogP contribution in [0.4, 0.5) is 20.2 Å². The topological polar surface area (TPSA) is 68.0 Å². The van der Waals surface area contributed by atoms with Crippen molar-refractivity contribution in [3.8, 4) is 0 Å². The van der Waals surface area contributed by atoms with E-state index in [2.05, 4.69) is 10.3 Å². The molecule has 130 valence electrons. The lowest BCUT2D eigenvalue weighted by Gasteiger charge is -2.08. The van der Waals surface area contributed by atoms with Gasteiger partial charge in [-0.1, -0.05) is 17.7 Å². The highest BCUT2D eigenvalue weighted by Gasteiger charge is 2.21. The number of nitrogens with zero attached hydrogens (tertiary/aromatic N) is 1. The van der Waals surface area contributed by atoms with Crippen molar-refractivity contribution in [3.05, 3.63) is 51.0 Å². The number of benzene rings is 1. The van der Waals surface area contributed by atoms with Crippen LogP contribution in [0.5, 0.6) is 0 Å². The molecule has 0 unspecified atom stereocenters. The molecule has 1 aromatic carbocycles. The molecule has 3 aromatic rings. The summed E-state index contributed by atoms with van der Waals surface area (Å²) in [6.45, 7) is 3.50. The SMILES string of the molecule is Cc1ccc(Cl)cc1NC(=O)c1sc2nc(C(F)F)cc(C)c2c1N. The Morgan fingerprint density at radius 1 is 1.28 bits per heavy atom. The number of anilines is 2. The minimum absolute atomic E-state index is 0.233. The standard InChI is InChI=1S/C17H14ClF2N3OS/c1-7-3-4-9(18)6-10(7)22-16(24)14-13(21)12-8(2)5-11(15(19)20)23-17(12)25-14/h3-6,15H,21H2,1-2H3,(H,22,24). The quantitative estimate of drug-likeness (QED) is 0.643. The van der Waals surface area contributed by atoms with Crippen molar-refractivity contribution in [2.45, 2.75) is 20.3 Å². The summed E-state index contributed by atoms with van der Waals surface area (Å²) in [7, 11) is 0. The molecule has 1 amide bonds. The average molecular weight is 382 g/mol. The molecule has 0 radical (unpaired) electrons. The molecule has 0 bridgehead atoms. The Hall–Kier alpha value is -2.25. The summed E-state index contributed by atoms with van der Waals surface area (Å²) in [4.78, 5) is 17.1. The van der Waals surface area contributed by atoms with Gasteiger partial charge in [-0.15, -0.1) is 11.3 Å². The number of carbonyl (C=O) groups excluding carboxylic acids is 1. The summed E-state index contributed by atoms with van der Waals surface area (Å²) < 4.78 is 25.9. The van der Waals surface area contributed by atoms with Crippen LogP contribution in [0, 0.1) is 13.8 Å². The molecule has 8 heteroatoms. The Morgan fingerprint density at radius 3 is 2.68 bits per heavy atom. The highest BCUT2D eigenvalue weighted by atomic mass is 35.5. The second-order valence-corrected chi connectivity index (χ2v) is 7.04. The molecule has 2 aromatic heterocycles. The summed E-state index contributed by atoms with van der Waals surface area (Å²) in [6, 6.07) is 6.43. The van der Waals surface area contributed by atoms with Crippen LogP contribution in [-0.2, 0) is 0 Å². The Labute approximate surface area is 151 Å². The Balaban J connectivity index is 2.03. The van der Waals surface area contributed by atoms with E-state index in [4.69, 9.17) is 17.3 Å². The third-order valence-corrected chi connectivity index (χ3v) is 5.13. The maximum absolute atomic E-state index is 12.9. The van der Waals surface area contributed by atoms with E-state index in [0.717, 1.165) is 16.9 Å². The number of alkyl halides is 2. The predicted octanol–water partition coefficient (Wildman–Crippen LogP) is 5.34. The van der Waals surface area contributed by atoms with Crippen LogP contribution >= 0.6 is 22.9 Å². The van der Waals surface area contributed by atoms with Crippen LogP contribution in [-0.4, -0.2) is 10.9 Å². The maximum atomic E-state index is 12.9. The molecule has 0 atom stereocenters. The van der Waals surface area contributed by atoms with Crippen LogP contribution in [0.15, 0.2) is 24.3 Å². The van der Waals surface area contributed by atoms with Crippen molar-refractivity contribution >= 4 is 50.4 Å². The van der Waals surface area contributed by atoms with Gasteiger partial charge in [-0.3, -0.25) is 4.79 Å². The van der Waals surface area contributed by atoms with Gasteiger partial charge in [0.05, 0.1) is 5.69 Å². The molecule has 3 N–H and O–H groups in total. The van der Waals surface area contributed by atoms with Crippen molar-refractivity contribution in [1.29, 1.82) is 0 Å². The molecule has 0 saturated heterocycles. The van der Waals surface area contributed by atoms with Gasteiger partial charge in [0.1, 0.15) is 15.4 Å². The summed E-state index contributed by atoms with van der Waals surface area (Å²) >= 11 is 6.95. The molecule has 2 heterocycles. The average Bonchev–Trinajstić information content (AvgIpc) is 2.88. The molecule has 0 spiro atoms. The minimum atomic E-state index is -2.68.